The second-order valence-corrected chi connectivity index (χ2v) is 4.76. The minimum Gasteiger partial charge on any atom is -0.391 e. The molecular weight excluding hydrogens is 234 g/mol. The Morgan fingerprint density at radius 3 is 2.65 bits per heavy atom. The van der Waals surface area contributed by atoms with Crippen LogP contribution in [-0.4, -0.2) is 21.4 Å². The first kappa shape index (κ1) is 12.0. The molecule has 0 bridgehead atoms. The highest BCUT2D eigenvalue weighted by atomic mass is 32.1. The number of nitrogens with one attached hydrogen (secondary N) is 1. The molecule has 17 heavy (non-hydrogen) atoms. The van der Waals surface area contributed by atoms with Gasteiger partial charge in [0.2, 0.25) is 0 Å². The average Bonchev–Trinajstić information content (AvgIpc) is 2.80. The van der Waals surface area contributed by atoms with Gasteiger partial charge in [-0.05, 0) is 25.0 Å². The molecule has 4 nitrogen and oxygen atoms in total. The molecule has 90 valence electrons. The molecule has 2 rings (SSSR count). The molecule has 0 atom stereocenters. The van der Waals surface area contributed by atoms with Crippen LogP contribution in [0.5, 0.6) is 0 Å². The first-order chi connectivity index (χ1) is 8.14. The molecule has 0 radical (unpaired) electrons. The van der Waals surface area contributed by atoms with Crippen molar-refractivity contribution in [1.82, 2.24) is 10.3 Å². The minimum atomic E-state index is -0.510. The van der Waals surface area contributed by atoms with E-state index in [4.69, 9.17) is 18.0 Å². The van der Waals surface area contributed by atoms with Crippen molar-refractivity contribution in [2.75, 3.05) is 0 Å². The molecule has 1 amide bonds. The topological polar surface area (TPSA) is 68.0 Å². The SMILES string of the molecule is NC(=S)C1(NC(=O)c2ccccn2)CCCC1. The van der Waals surface area contributed by atoms with Crippen molar-refractivity contribution in [3.8, 4) is 0 Å². The van der Waals surface area contributed by atoms with E-state index >= 15 is 0 Å². The van der Waals surface area contributed by atoms with Crippen molar-refractivity contribution in [3.05, 3.63) is 30.1 Å². The number of hydrogen-bond donors (Lipinski definition) is 2. The number of hydrogen-bond acceptors (Lipinski definition) is 3. The smallest absolute Gasteiger partial charge is 0.270 e. The predicted octanol–water partition coefficient (Wildman–Crippen LogP) is 1.41. The van der Waals surface area contributed by atoms with Crippen molar-refractivity contribution in [3.63, 3.8) is 0 Å². The number of pyridine rings is 1. The summed E-state index contributed by atoms with van der Waals surface area (Å²) in [7, 11) is 0. The summed E-state index contributed by atoms with van der Waals surface area (Å²) >= 11 is 5.08. The lowest BCUT2D eigenvalue weighted by Crippen LogP contribution is -2.54. The molecule has 0 aliphatic heterocycles. The minimum absolute atomic E-state index is 0.208. The van der Waals surface area contributed by atoms with Gasteiger partial charge in [0.15, 0.2) is 0 Å². The van der Waals surface area contributed by atoms with Gasteiger partial charge in [-0.1, -0.05) is 31.1 Å². The van der Waals surface area contributed by atoms with Crippen LogP contribution in [0, 0.1) is 0 Å². The number of nitrogens with two attached hydrogens (primary N) is 1. The Morgan fingerprint density at radius 1 is 1.41 bits per heavy atom. The third-order valence-electron chi connectivity index (χ3n) is 3.18. The van der Waals surface area contributed by atoms with E-state index in [-0.39, 0.29) is 5.91 Å². The largest absolute Gasteiger partial charge is 0.391 e. The number of aromatic nitrogens is 1. The fourth-order valence-electron chi connectivity index (χ4n) is 2.19. The van der Waals surface area contributed by atoms with E-state index in [0.717, 1.165) is 25.7 Å². The number of nitrogens with zero attached hydrogens (tertiary/aromatic N) is 1. The molecule has 0 spiro atoms. The van der Waals surface area contributed by atoms with E-state index in [1.807, 2.05) is 0 Å². The molecule has 1 aliphatic carbocycles. The first-order valence-corrected chi connectivity index (χ1v) is 6.08. The van der Waals surface area contributed by atoms with Crippen molar-refractivity contribution >= 4 is 23.1 Å². The Kier molecular flexibility index (Phi) is 3.38. The zero-order valence-electron chi connectivity index (χ0n) is 9.48. The van der Waals surface area contributed by atoms with Crippen LogP contribution in [-0.2, 0) is 0 Å². The molecule has 1 heterocycles. The number of carbonyl (C=O) groups excluding carboxylic acids is 1. The summed E-state index contributed by atoms with van der Waals surface area (Å²) in [5, 5.41) is 2.94. The summed E-state index contributed by atoms with van der Waals surface area (Å²) in [6.45, 7) is 0. The van der Waals surface area contributed by atoms with Crippen LogP contribution >= 0.6 is 12.2 Å². The number of carbonyl (C=O) groups is 1. The predicted molar refractivity (Wildman–Crippen MR) is 69.7 cm³/mol. The van der Waals surface area contributed by atoms with E-state index in [1.54, 1.807) is 24.4 Å². The molecule has 1 aliphatic rings. The van der Waals surface area contributed by atoms with Crippen LogP contribution in [0.4, 0.5) is 0 Å². The Balaban J connectivity index is 2.15. The highest BCUT2D eigenvalue weighted by Gasteiger charge is 2.38. The second kappa shape index (κ2) is 4.79. The maximum Gasteiger partial charge on any atom is 0.270 e. The van der Waals surface area contributed by atoms with E-state index < -0.39 is 5.54 Å². The van der Waals surface area contributed by atoms with Crippen LogP contribution in [0.25, 0.3) is 0 Å². The zero-order chi connectivity index (χ0) is 12.3. The van der Waals surface area contributed by atoms with Gasteiger partial charge in [0, 0.05) is 6.20 Å². The van der Waals surface area contributed by atoms with Gasteiger partial charge in [0.1, 0.15) is 5.69 Å². The standard InChI is InChI=1S/C12H15N3OS/c13-11(17)12(6-2-3-7-12)15-10(16)9-5-1-4-8-14-9/h1,4-5,8H,2-3,6-7H2,(H2,13,17)(H,15,16). The van der Waals surface area contributed by atoms with Crippen molar-refractivity contribution in [2.45, 2.75) is 31.2 Å². The molecule has 3 N–H and O–H groups in total. The molecule has 1 fully saturated rings. The van der Waals surface area contributed by atoms with Gasteiger partial charge < -0.3 is 11.1 Å². The second-order valence-electron chi connectivity index (χ2n) is 4.32. The van der Waals surface area contributed by atoms with Crippen LogP contribution in [0.15, 0.2) is 24.4 Å². The first-order valence-electron chi connectivity index (χ1n) is 5.67. The lowest BCUT2D eigenvalue weighted by atomic mass is 9.97. The quantitative estimate of drug-likeness (QED) is 0.795. The van der Waals surface area contributed by atoms with Gasteiger partial charge in [0.05, 0.1) is 10.5 Å². The van der Waals surface area contributed by atoms with Crippen LogP contribution in [0.2, 0.25) is 0 Å². The third-order valence-corrected chi connectivity index (χ3v) is 3.57. The van der Waals surface area contributed by atoms with Crippen molar-refractivity contribution in [1.29, 1.82) is 0 Å². The maximum atomic E-state index is 12.0. The fourth-order valence-corrected chi connectivity index (χ4v) is 2.45. The summed E-state index contributed by atoms with van der Waals surface area (Å²) < 4.78 is 0. The molecule has 0 aromatic carbocycles. The van der Waals surface area contributed by atoms with E-state index in [2.05, 4.69) is 10.3 Å². The number of amides is 1. The molecule has 0 unspecified atom stereocenters. The average molecular weight is 249 g/mol. The Morgan fingerprint density at radius 2 is 2.12 bits per heavy atom. The Bertz CT molecular complexity index is 427. The van der Waals surface area contributed by atoms with Gasteiger partial charge in [-0.2, -0.15) is 0 Å². The van der Waals surface area contributed by atoms with Crippen LogP contribution in [0.3, 0.4) is 0 Å². The lowest BCUT2D eigenvalue weighted by molar-refractivity contribution is 0.0919. The summed E-state index contributed by atoms with van der Waals surface area (Å²) in [5.74, 6) is -0.208. The Labute approximate surface area is 106 Å². The summed E-state index contributed by atoms with van der Waals surface area (Å²) in [6.07, 6.45) is 5.32. The van der Waals surface area contributed by atoms with Crippen molar-refractivity contribution < 1.29 is 4.79 Å². The molecule has 1 aromatic rings. The van der Waals surface area contributed by atoms with Gasteiger partial charge in [0.25, 0.3) is 5.91 Å². The Hall–Kier alpha value is -1.49. The molecule has 0 saturated heterocycles. The van der Waals surface area contributed by atoms with Gasteiger partial charge >= 0.3 is 0 Å². The maximum absolute atomic E-state index is 12.0. The van der Waals surface area contributed by atoms with Gasteiger partial charge in [-0.3, -0.25) is 9.78 Å². The van der Waals surface area contributed by atoms with E-state index in [9.17, 15) is 4.79 Å². The van der Waals surface area contributed by atoms with Crippen molar-refractivity contribution in [2.24, 2.45) is 5.73 Å². The zero-order valence-corrected chi connectivity index (χ0v) is 10.3. The third kappa shape index (κ3) is 2.44. The highest BCUT2D eigenvalue weighted by molar-refractivity contribution is 7.80. The molecular formula is C12H15N3OS. The summed E-state index contributed by atoms with van der Waals surface area (Å²) in [4.78, 5) is 16.4. The van der Waals surface area contributed by atoms with Gasteiger partial charge in [-0.15, -0.1) is 0 Å². The molecule has 1 aromatic heterocycles. The number of thiocarbonyl (C=S) groups is 1. The van der Waals surface area contributed by atoms with E-state index in [0.29, 0.717) is 10.7 Å². The van der Waals surface area contributed by atoms with Crippen LogP contribution < -0.4 is 11.1 Å². The van der Waals surface area contributed by atoms with Crippen LogP contribution in [0.1, 0.15) is 36.2 Å². The number of rotatable bonds is 3. The molecule has 5 heteroatoms. The lowest BCUT2D eigenvalue weighted by Gasteiger charge is -2.28. The summed E-state index contributed by atoms with van der Waals surface area (Å²) in [6, 6.07) is 5.23. The highest BCUT2D eigenvalue weighted by Crippen LogP contribution is 2.30. The monoisotopic (exact) mass is 249 g/mol. The van der Waals surface area contributed by atoms with E-state index in [1.165, 1.54) is 0 Å². The molecule has 1 saturated carbocycles. The summed E-state index contributed by atoms with van der Waals surface area (Å²) in [5.41, 5.74) is 5.64. The fraction of sp³-hybridized carbons (Fsp3) is 0.417. The normalized spacial score (nSPS) is 17.6. The van der Waals surface area contributed by atoms with Gasteiger partial charge in [-0.25, -0.2) is 0 Å².